The Hall–Kier alpha value is -1.75. The van der Waals surface area contributed by atoms with Gasteiger partial charge in [-0.15, -0.1) is 0 Å². The zero-order valence-corrected chi connectivity index (χ0v) is 10.7. The van der Waals surface area contributed by atoms with Crippen LogP contribution in [0.2, 0.25) is 0 Å². The number of fused-ring (bicyclic) bond motifs is 1. The molecule has 0 saturated carbocycles. The Bertz CT molecular complexity index is 488. The van der Waals surface area contributed by atoms with Gasteiger partial charge in [0.15, 0.2) is 11.5 Å². The molecule has 0 aliphatic carbocycles. The molecule has 5 heteroatoms. The van der Waals surface area contributed by atoms with Gasteiger partial charge >= 0.3 is 5.97 Å². The van der Waals surface area contributed by atoms with Gasteiger partial charge in [0.2, 0.25) is 0 Å². The Labute approximate surface area is 111 Å². The van der Waals surface area contributed by atoms with E-state index >= 15 is 0 Å². The number of carbonyl (C=O) groups is 1. The van der Waals surface area contributed by atoms with E-state index in [2.05, 4.69) is 0 Å². The average Bonchev–Trinajstić information content (AvgIpc) is 2.85. The highest BCUT2D eigenvalue weighted by Gasteiger charge is 2.28. The summed E-state index contributed by atoms with van der Waals surface area (Å²) in [6.45, 7) is 2.09. The number of nitrogens with zero attached hydrogens (tertiary/aromatic N) is 1. The molecule has 1 unspecified atom stereocenters. The molecule has 1 saturated heterocycles. The predicted octanol–water partition coefficient (Wildman–Crippen LogP) is 1.68. The Balaban J connectivity index is 1.82. The number of aliphatic carboxylic acids is 1. The summed E-state index contributed by atoms with van der Waals surface area (Å²) >= 11 is 0. The van der Waals surface area contributed by atoms with E-state index in [-0.39, 0.29) is 12.6 Å². The van der Waals surface area contributed by atoms with Crippen molar-refractivity contribution in [3.63, 3.8) is 0 Å². The maximum Gasteiger partial charge on any atom is 0.317 e. The minimum absolute atomic E-state index is 0.0963. The van der Waals surface area contributed by atoms with Gasteiger partial charge in [-0.25, -0.2) is 0 Å². The summed E-state index contributed by atoms with van der Waals surface area (Å²) in [5, 5.41) is 8.94. The van der Waals surface area contributed by atoms with Gasteiger partial charge in [0.05, 0.1) is 6.54 Å². The van der Waals surface area contributed by atoms with Crippen molar-refractivity contribution < 1.29 is 19.4 Å². The lowest BCUT2D eigenvalue weighted by atomic mass is 10.0. The van der Waals surface area contributed by atoms with E-state index in [4.69, 9.17) is 14.6 Å². The van der Waals surface area contributed by atoms with E-state index in [0.717, 1.165) is 36.4 Å². The van der Waals surface area contributed by atoms with Crippen LogP contribution in [0.4, 0.5) is 0 Å². The van der Waals surface area contributed by atoms with Crippen molar-refractivity contribution >= 4 is 5.97 Å². The van der Waals surface area contributed by atoms with Gasteiger partial charge in [0, 0.05) is 6.04 Å². The molecule has 102 valence electrons. The number of benzene rings is 1. The van der Waals surface area contributed by atoms with Gasteiger partial charge in [-0.3, -0.25) is 9.69 Å². The monoisotopic (exact) mass is 263 g/mol. The summed E-state index contributed by atoms with van der Waals surface area (Å²) in [5.41, 5.74) is 1.11. The van der Waals surface area contributed by atoms with Crippen LogP contribution in [0.25, 0.3) is 0 Å². The average molecular weight is 263 g/mol. The van der Waals surface area contributed by atoms with Crippen molar-refractivity contribution in [1.82, 2.24) is 4.90 Å². The van der Waals surface area contributed by atoms with Gasteiger partial charge in [0.25, 0.3) is 0 Å². The Kier molecular flexibility index (Phi) is 3.29. The molecular weight excluding hydrogens is 246 g/mol. The van der Waals surface area contributed by atoms with Gasteiger partial charge in [-0.05, 0) is 37.1 Å². The first-order chi connectivity index (χ1) is 9.24. The second-order valence-corrected chi connectivity index (χ2v) is 4.93. The number of carboxylic acid groups (broad SMARTS) is 1. The summed E-state index contributed by atoms with van der Waals surface area (Å²) in [6, 6.07) is 6.09. The molecule has 5 nitrogen and oxygen atoms in total. The van der Waals surface area contributed by atoms with Crippen molar-refractivity contribution in [2.24, 2.45) is 0 Å². The molecule has 19 heavy (non-hydrogen) atoms. The van der Waals surface area contributed by atoms with Crippen LogP contribution in [0.5, 0.6) is 11.5 Å². The Morgan fingerprint density at radius 3 is 2.89 bits per heavy atom. The highest BCUT2D eigenvalue weighted by atomic mass is 16.6. The third-order valence-electron chi connectivity index (χ3n) is 3.65. The number of likely N-dealkylation sites (tertiary alicyclic amines) is 1. The Morgan fingerprint density at radius 2 is 2.11 bits per heavy atom. The smallest absolute Gasteiger partial charge is 0.317 e. The maximum atomic E-state index is 10.9. The molecule has 1 aromatic rings. The minimum Gasteiger partial charge on any atom is -0.486 e. The SMILES string of the molecule is O=C(O)CN1CCCC1c1ccc2c(c1)OCCO2. The van der Waals surface area contributed by atoms with E-state index < -0.39 is 5.97 Å². The fourth-order valence-corrected chi connectivity index (χ4v) is 2.83. The van der Waals surface area contributed by atoms with Crippen molar-refractivity contribution in [3.8, 4) is 11.5 Å². The predicted molar refractivity (Wildman–Crippen MR) is 68.6 cm³/mol. The number of hydrogen-bond donors (Lipinski definition) is 1. The van der Waals surface area contributed by atoms with Crippen LogP contribution in [0.15, 0.2) is 18.2 Å². The molecule has 0 bridgehead atoms. The summed E-state index contributed by atoms with van der Waals surface area (Å²) in [6.07, 6.45) is 2.03. The number of rotatable bonds is 3. The summed E-state index contributed by atoms with van der Waals surface area (Å²) in [5.74, 6) is 0.771. The first-order valence-corrected chi connectivity index (χ1v) is 6.59. The maximum absolute atomic E-state index is 10.9. The van der Waals surface area contributed by atoms with Crippen LogP contribution in [-0.2, 0) is 4.79 Å². The van der Waals surface area contributed by atoms with Crippen LogP contribution >= 0.6 is 0 Å². The van der Waals surface area contributed by atoms with Crippen LogP contribution < -0.4 is 9.47 Å². The van der Waals surface area contributed by atoms with Crippen molar-refractivity contribution in [2.45, 2.75) is 18.9 Å². The highest BCUT2D eigenvalue weighted by Crippen LogP contribution is 2.37. The van der Waals surface area contributed by atoms with Crippen molar-refractivity contribution in [1.29, 1.82) is 0 Å². The van der Waals surface area contributed by atoms with Gasteiger partial charge in [0.1, 0.15) is 13.2 Å². The highest BCUT2D eigenvalue weighted by molar-refractivity contribution is 5.69. The first kappa shape index (κ1) is 12.3. The summed E-state index contributed by atoms with van der Waals surface area (Å²) in [7, 11) is 0. The largest absolute Gasteiger partial charge is 0.486 e. The molecule has 0 spiro atoms. The lowest BCUT2D eigenvalue weighted by Gasteiger charge is -2.25. The topological polar surface area (TPSA) is 59.0 Å². The molecule has 2 aliphatic heterocycles. The summed E-state index contributed by atoms with van der Waals surface area (Å²) < 4.78 is 11.1. The lowest BCUT2D eigenvalue weighted by Crippen LogP contribution is -2.29. The van der Waals surface area contributed by atoms with E-state index in [9.17, 15) is 4.79 Å². The van der Waals surface area contributed by atoms with E-state index in [1.807, 2.05) is 23.1 Å². The second-order valence-electron chi connectivity index (χ2n) is 4.93. The van der Waals surface area contributed by atoms with Gasteiger partial charge < -0.3 is 14.6 Å². The van der Waals surface area contributed by atoms with E-state index in [0.29, 0.717) is 13.2 Å². The van der Waals surface area contributed by atoms with Crippen LogP contribution in [-0.4, -0.2) is 42.3 Å². The minimum atomic E-state index is -0.774. The lowest BCUT2D eigenvalue weighted by molar-refractivity contribution is -0.138. The molecule has 2 heterocycles. The molecule has 1 N–H and O–H groups in total. The standard InChI is InChI=1S/C14H17NO4/c16-14(17)9-15-5-1-2-11(15)10-3-4-12-13(8-10)19-7-6-18-12/h3-4,8,11H,1-2,5-7,9H2,(H,16,17). The fourth-order valence-electron chi connectivity index (χ4n) is 2.83. The van der Waals surface area contributed by atoms with Crippen LogP contribution in [0.1, 0.15) is 24.4 Å². The van der Waals surface area contributed by atoms with Crippen LogP contribution in [0.3, 0.4) is 0 Å². The second kappa shape index (κ2) is 5.09. The van der Waals surface area contributed by atoms with Gasteiger partial charge in [-0.1, -0.05) is 6.07 Å². The third kappa shape index (κ3) is 2.51. The summed E-state index contributed by atoms with van der Waals surface area (Å²) in [4.78, 5) is 12.9. The quantitative estimate of drug-likeness (QED) is 0.899. The fraction of sp³-hybridized carbons (Fsp3) is 0.500. The molecule has 0 aromatic heterocycles. The molecule has 0 radical (unpaired) electrons. The van der Waals surface area contributed by atoms with Crippen molar-refractivity contribution in [3.05, 3.63) is 23.8 Å². The number of ether oxygens (including phenoxy) is 2. The molecule has 1 atom stereocenters. The van der Waals surface area contributed by atoms with E-state index in [1.54, 1.807) is 0 Å². The van der Waals surface area contributed by atoms with Gasteiger partial charge in [-0.2, -0.15) is 0 Å². The number of carboxylic acids is 1. The molecule has 0 amide bonds. The molecule has 1 fully saturated rings. The third-order valence-corrected chi connectivity index (χ3v) is 3.65. The Morgan fingerprint density at radius 1 is 1.32 bits per heavy atom. The number of hydrogen-bond acceptors (Lipinski definition) is 4. The molecule has 3 rings (SSSR count). The van der Waals surface area contributed by atoms with Crippen molar-refractivity contribution in [2.75, 3.05) is 26.3 Å². The first-order valence-electron chi connectivity index (χ1n) is 6.59. The zero-order chi connectivity index (χ0) is 13.2. The van der Waals surface area contributed by atoms with Crippen LogP contribution in [0, 0.1) is 0 Å². The van der Waals surface area contributed by atoms with E-state index in [1.165, 1.54) is 0 Å². The molecule has 2 aliphatic rings. The molecular formula is C14H17NO4. The zero-order valence-electron chi connectivity index (χ0n) is 10.7. The molecule has 1 aromatic carbocycles. The normalized spacial score (nSPS) is 22.4.